The number of fused-ring (bicyclic) bond motifs is 1. The van der Waals surface area contributed by atoms with Crippen LogP contribution >= 0.6 is 0 Å². The Bertz CT molecular complexity index is 378. The Balaban J connectivity index is 2.57. The minimum Gasteiger partial charge on any atom is -0.464 e. The van der Waals surface area contributed by atoms with Crippen molar-refractivity contribution < 1.29 is 4.42 Å². The van der Waals surface area contributed by atoms with Gasteiger partial charge in [-0.3, -0.25) is 0 Å². The summed E-state index contributed by atoms with van der Waals surface area (Å²) in [6, 6.07) is 8.04. The first-order valence-electron chi connectivity index (χ1n) is 4.07. The van der Waals surface area contributed by atoms with Crippen molar-refractivity contribution in [2.75, 3.05) is 6.54 Å². The molecule has 0 saturated carbocycles. The SMILES string of the molecule is NCCc1cccc2occc12. The van der Waals surface area contributed by atoms with Gasteiger partial charge in [-0.25, -0.2) is 0 Å². The van der Waals surface area contributed by atoms with Crippen LogP contribution in [0.5, 0.6) is 0 Å². The number of nitrogens with two attached hydrogens (primary N) is 1. The molecular formula is C10H11NO. The monoisotopic (exact) mass is 161 g/mol. The van der Waals surface area contributed by atoms with E-state index in [-0.39, 0.29) is 0 Å². The van der Waals surface area contributed by atoms with Crippen molar-refractivity contribution in [3.05, 3.63) is 36.1 Å². The molecule has 0 aliphatic rings. The lowest BCUT2D eigenvalue weighted by Gasteiger charge is -1.98. The molecule has 0 saturated heterocycles. The molecule has 2 heteroatoms. The molecule has 0 unspecified atom stereocenters. The highest BCUT2D eigenvalue weighted by Gasteiger charge is 2.00. The van der Waals surface area contributed by atoms with Gasteiger partial charge >= 0.3 is 0 Å². The summed E-state index contributed by atoms with van der Waals surface area (Å²) in [5, 5.41) is 1.18. The first-order chi connectivity index (χ1) is 5.92. The van der Waals surface area contributed by atoms with Crippen molar-refractivity contribution in [3.63, 3.8) is 0 Å². The zero-order valence-electron chi connectivity index (χ0n) is 6.79. The highest BCUT2D eigenvalue weighted by Crippen LogP contribution is 2.19. The van der Waals surface area contributed by atoms with E-state index in [1.54, 1.807) is 6.26 Å². The molecule has 2 N–H and O–H groups in total. The van der Waals surface area contributed by atoms with Gasteiger partial charge in [0.15, 0.2) is 0 Å². The average molecular weight is 161 g/mol. The summed E-state index contributed by atoms with van der Waals surface area (Å²) in [5.41, 5.74) is 7.70. The lowest BCUT2D eigenvalue weighted by Crippen LogP contribution is -2.02. The maximum atomic E-state index is 5.49. The molecule has 1 aromatic carbocycles. The van der Waals surface area contributed by atoms with E-state index in [9.17, 15) is 0 Å². The van der Waals surface area contributed by atoms with Crippen LogP contribution in [0.25, 0.3) is 11.0 Å². The van der Waals surface area contributed by atoms with E-state index in [2.05, 4.69) is 6.07 Å². The fraction of sp³-hybridized carbons (Fsp3) is 0.200. The van der Waals surface area contributed by atoms with Gasteiger partial charge in [-0.15, -0.1) is 0 Å². The fourth-order valence-electron chi connectivity index (χ4n) is 1.43. The van der Waals surface area contributed by atoms with Crippen LogP contribution < -0.4 is 5.73 Å². The first-order valence-corrected chi connectivity index (χ1v) is 4.07. The minimum atomic E-state index is 0.685. The Morgan fingerprint density at radius 1 is 1.25 bits per heavy atom. The Morgan fingerprint density at radius 3 is 3.00 bits per heavy atom. The summed E-state index contributed by atoms with van der Waals surface area (Å²) < 4.78 is 5.26. The van der Waals surface area contributed by atoms with Crippen molar-refractivity contribution in [3.8, 4) is 0 Å². The number of furan rings is 1. The summed E-state index contributed by atoms with van der Waals surface area (Å²) in [6.45, 7) is 0.685. The van der Waals surface area contributed by atoms with Crippen molar-refractivity contribution in [1.82, 2.24) is 0 Å². The summed E-state index contributed by atoms with van der Waals surface area (Å²) >= 11 is 0. The summed E-state index contributed by atoms with van der Waals surface area (Å²) in [4.78, 5) is 0. The Labute approximate surface area is 71.0 Å². The number of hydrogen-bond acceptors (Lipinski definition) is 2. The van der Waals surface area contributed by atoms with Gasteiger partial charge in [0.25, 0.3) is 0 Å². The van der Waals surface area contributed by atoms with Gasteiger partial charge in [-0.2, -0.15) is 0 Å². The third kappa shape index (κ3) is 1.10. The number of benzene rings is 1. The van der Waals surface area contributed by atoms with Gasteiger partial charge in [0, 0.05) is 5.39 Å². The second-order valence-electron chi connectivity index (χ2n) is 2.79. The molecule has 1 heterocycles. The van der Waals surface area contributed by atoms with Crippen molar-refractivity contribution in [2.45, 2.75) is 6.42 Å². The maximum absolute atomic E-state index is 5.49. The Kier molecular flexibility index (Phi) is 1.84. The van der Waals surface area contributed by atoms with E-state index < -0.39 is 0 Å². The zero-order valence-corrected chi connectivity index (χ0v) is 6.79. The lowest BCUT2D eigenvalue weighted by atomic mass is 10.1. The molecule has 12 heavy (non-hydrogen) atoms. The minimum absolute atomic E-state index is 0.685. The van der Waals surface area contributed by atoms with Crippen LogP contribution in [-0.4, -0.2) is 6.54 Å². The van der Waals surface area contributed by atoms with Crippen LogP contribution in [0.4, 0.5) is 0 Å². The molecule has 0 bridgehead atoms. The molecule has 0 spiro atoms. The quantitative estimate of drug-likeness (QED) is 0.731. The second-order valence-corrected chi connectivity index (χ2v) is 2.79. The Morgan fingerprint density at radius 2 is 2.17 bits per heavy atom. The van der Waals surface area contributed by atoms with Gasteiger partial charge in [0.05, 0.1) is 6.26 Å². The van der Waals surface area contributed by atoms with Crippen molar-refractivity contribution in [1.29, 1.82) is 0 Å². The molecule has 0 amide bonds. The van der Waals surface area contributed by atoms with Gasteiger partial charge in [0.2, 0.25) is 0 Å². The van der Waals surface area contributed by atoms with Crippen LogP contribution in [-0.2, 0) is 6.42 Å². The number of hydrogen-bond donors (Lipinski definition) is 1. The van der Waals surface area contributed by atoms with Crippen molar-refractivity contribution >= 4 is 11.0 Å². The van der Waals surface area contributed by atoms with E-state index in [0.29, 0.717) is 6.54 Å². The lowest BCUT2D eigenvalue weighted by molar-refractivity contribution is 0.615. The summed E-state index contributed by atoms with van der Waals surface area (Å²) in [6.07, 6.45) is 2.63. The van der Waals surface area contributed by atoms with Gasteiger partial charge < -0.3 is 10.2 Å². The molecule has 1 aromatic heterocycles. The fourth-order valence-corrected chi connectivity index (χ4v) is 1.43. The van der Waals surface area contributed by atoms with Crippen LogP contribution in [0, 0.1) is 0 Å². The largest absolute Gasteiger partial charge is 0.464 e. The smallest absolute Gasteiger partial charge is 0.134 e. The van der Waals surface area contributed by atoms with E-state index in [1.165, 1.54) is 10.9 Å². The van der Waals surface area contributed by atoms with Crippen LogP contribution in [0.2, 0.25) is 0 Å². The molecule has 0 radical (unpaired) electrons. The second kappa shape index (κ2) is 2.99. The van der Waals surface area contributed by atoms with Crippen LogP contribution in [0.3, 0.4) is 0 Å². The van der Waals surface area contributed by atoms with E-state index >= 15 is 0 Å². The first kappa shape index (κ1) is 7.37. The molecular weight excluding hydrogens is 150 g/mol. The molecule has 2 aromatic rings. The Hall–Kier alpha value is -1.28. The van der Waals surface area contributed by atoms with Gasteiger partial charge in [-0.1, -0.05) is 12.1 Å². The predicted octanol–water partition coefficient (Wildman–Crippen LogP) is 1.93. The van der Waals surface area contributed by atoms with E-state index in [1.807, 2.05) is 18.2 Å². The summed E-state index contributed by atoms with van der Waals surface area (Å²) in [7, 11) is 0. The molecule has 2 nitrogen and oxygen atoms in total. The zero-order chi connectivity index (χ0) is 8.39. The maximum Gasteiger partial charge on any atom is 0.134 e. The normalized spacial score (nSPS) is 10.8. The highest BCUT2D eigenvalue weighted by molar-refractivity contribution is 5.80. The number of rotatable bonds is 2. The van der Waals surface area contributed by atoms with E-state index in [4.69, 9.17) is 10.2 Å². The molecule has 0 aliphatic carbocycles. The third-order valence-electron chi connectivity index (χ3n) is 2.00. The van der Waals surface area contributed by atoms with Crippen LogP contribution in [0.15, 0.2) is 34.9 Å². The highest BCUT2D eigenvalue weighted by atomic mass is 16.3. The molecule has 62 valence electrons. The standard InChI is InChI=1S/C10H11NO/c11-6-4-8-2-1-3-10-9(8)5-7-12-10/h1-3,5,7H,4,6,11H2. The molecule has 0 fully saturated rings. The van der Waals surface area contributed by atoms with Crippen molar-refractivity contribution in [2.24, 2.45) is 5.73 Å². The van der Waals surface area contributed by atoms with E-state index in [0.717, 1.165) is 12.0 Å². The predicted molar refractivity (Wildman–Crippen MR) is 49.0 cm³/mol. The molecule has 2 rings (SSSR count). The molecule has 0 aliphatic heterocycles. The molecule has 0 atom stereocenters. The third-order valence-corrected chi connectivity index (χ3v) is 2.00. The van der Waals surface area contributed by atoms with Crippen LogP contribution in [0.1, 0.15) is 5.56 Å². The van der Waals surface area contributed by atoms with Gasteiger partial charge in [0.1, 0.15) is 5.58 Å². The van der Waals surface area contributed by atoms with Gasteiger partial charge in [-0.05, 0) is 30.7 Å². The average Bonchev–Trinajstić information content (AvgIpc) is 2.53. The topological polar surface area (TPSA) is 39.2 Å². The summed E-state index contributed by atoms with van der Waals surface area (Å²) in [5.74, 6) is 0.